The van der Waals surface area contributed by atoms with Crippen LogP contribution in [0.4, 0.5) is 17.1 Å². The van der Waals surface area contributed by atoms with Crippen LogP contribution in [0.3, 0.4) is 0 Å². The number of thioether (sulfide) groups is 2. The average Bonchev–Trinajstić information content (AvgIpc) is 3.63. The van der Waals surface area contributed by atoms with E-state index in [1.165, 1.54) is 39.0 Å². The predicted octanol–water partition coefficient (Wildman–Crippen LogP) is 15.2. The summed E-state index contributed by atoms with van der Waals surface area (Å²) in [6.45, 7) is 8.22. The first kappa shape index (κ1) is 39.8. The molecule has 300 valence electrons. The van der Waals surface area contributed by atoms with Gasteiger partial charge in [0, 0.05) is 32.1 Å². The lowest BCUT2D eigenvalue weighted by atomic mass is 10.00. The fourth-order valence-corrected chi connectivity index (χ4v) is 11.4. The Labute approximate surface area is 362 Å². The van der Waals surface area contributed by atoms with Gasteiger partial charge in [-0.2, -0.15) is 0 Å². The Hall–Kier alpha value is -5.69. The van der Waals surface area contributed by atoms with E-state index in [0.29, 0.717) is 38.5 Å². The van der Waals surface area contributed by atoms with Gasteiger partial charge >= 0.3 is 0 Å². The zero-order valence-electron chi connectivity index (χ0n) is 34.7. The van der Waals surface area contributed by atoms with Crippen molar-refractivity contribution >= 4 is 62.5 Å². The summed E-state index contributed by atoms with van der Waals surface area (Å²) in [6, 6.07) is 38.4. The van der Waals surface area contributed by atoms with E-state index in [1.54, 1.807) is 0 Å². The van der Waals surface area contributed by atoms with Crippen LogP contribution in [-0.2, 0) is 0 Å². The standard InChI is InChI=1S/C52H44N2O2S2.C2H6/c1-3-5-14-44-49(4-2)57-41-13-7-6-12-40(33-41)53(44)38-25-19-35(20-26-38)37-23-29-42-48(32-37)56-47-30-24-36(31-43(47)52(42)55)34-21-27-39(28-22-34)54-45-15-8-10-17-50(45)58-51-18-11-9-16-46(51)54;1-2/h3-6,8-12,14-17,19-32,40-41,51H,7,13,18,33H2,1-2H3;1-2H3/b5-3-,44-14+,49-4+;. The van der Waals surface area contributed by atoms with Gasteiger partial charge in [-0.3, -0.25) is 4.79 Å². The van der Waals surface area contributed by atoms with Crippen LogP contribution in [0.15, 0.2) is 194 Å². The smallest absolute Gasteiger partial charge is 0.200 e. The molecule has 0 amide bonds. The van der Waals surface area contributed by atoms with Crippen molar-refractivity contribution in [1.29, 1.82) is 0 Å². The number of anilines is 3. The first-order chi connectivity index (χ1) is 29.6. The van der Waals surface area contributed by atoms with Crippen LogP contribution in [0.5, 0.6) is 0 Å². The molecule has 6 aromatic rings. The fourth-order valence-electron chi connectivity index (χ4n) is 8.81. The Kier molecular flexibility index (Phi) is 11.6. The van der Waals surface area contributed by atoms with Crippen LogP contribution in [0.2, 0.25) is 0 Å². The van der Waals surface area contributed by atoms with E-state index >= 15 is 0 Å². The molecule has 2 aliphatic heterocycles. The van der Waals surface area contributed by atoms with Crippen LogP contribution >= 0.6 is 23.5 Å². The summed E-state index contributed by atoms with van der Waals surface area (Å²) in [5.74, 6) is 0. The molecule has 2 bridgehead atoms. The van der Waals surface area contributed by atoms with Crippen molar-refractivity contribution in [2.45, 2.75) is 74.8 Å². The second-order valence-corrected chi connectivity index (χ2v) is 17.8. The van der Waals surface area contributed by atoms with Gasteiger partial charge in [-0.05, 0) is 135 Å². The van der Waals surface area contributed by atoms with E-state index in [0.717, 1.165) is 47.2 Å². The number of allylic oxidation sites excluding steroid dienone is 8. The number of benzene rings is 5. The lowest BCUT2D eigenvalue weighted by Gasteiger charge is -2.39. The number of fused-ring (bicyclic) bond motifs is 6. The van der Waals surface area contributed by atoms with Crippen molar-refractivity contribution in [2.24, 2.45) is 0 Å². The number of hydrogen-bond acceptors (Lipinski definition) is 6. The van der Waals surface area contributed by atoms with Gasteiger partial charge in [0.1, 0.15) is 11.2 Å². The van der Waals surface area contributed by atoms with Gasteiger partial charge in [0.05, 0.1) is 33.4 Å². The number of rotatable bonds is 5. The van der Waals surface area contributed by atoms with Crippen molar-refractivity contribution in [2.75, 3.05) is 9.80 Å². The number of hydrogen-bond donors (Lipinski definition) is 0. The van der Waals surface area contributed by atoms with Gasteiger partial charge in [-0.1, -0.05) is 105 Å². The molecule has 0 radical (unpaired) electrons. The Bertz CT molecular complexity index is 2810. The Morgan fingerprint density at radius 1 is 0.750 bits per heavy atom. The molecule has 0 saturated carbocycles. The molecule has 3 heterocycles. The summed E-state index contributed by atoms with van der Waals surface area (Å²) in [4.78, 5) is 21.6. The van der Waals surface area contributed by atoms with E-state index < -0.39 is 0 Å². The minimum Gasteiger partial charge on any atom is -0.456 e. The van der Waals surface area contributed by atoms with Gasteiger partial charge in [0.15, 0.2) is 0 Å². The Balaban J connectivity index is 0.00000228. The zero-order chi connectivity index (χ0) is 41.2. The summed E-state index contributed by atoms with van der Waals surface area (Å²) in [5, 5.41) is 2.16. The van der Waals surface area contributed by atoms with E-state index in [4.69, 9.17) is 4.42 Å². The molecule has 1 aromatic heterocycles. The average molecular weight is 823 g/mol. The molecule has 6 heteroatoms. The highest BCUT2D eigenvalue weighted by Gasteiger charge is 2.33. The van der Waals surface area contributed by atoms with Crippen LogP contribution in [0.1, 0.15) is 53.4 Å². The van der Waals surface area contributed by atoms with Crippen LogP contribution < -0.4 is 15.2 Å². The topological polar surface area (TPSA) is 36.7 Å². The molecule has 3 unspecified atom stereocenters. The molecule has 4 nitrogen and oxygen atoms in total. The second-order valence-electron chi connectivity index (χ2n) is 15.3. The number of nitrogens with zero attached hydrogens (tertiary/aromatic N) is 2. The SMILES string of the molecule is CC.C\C=C/C=C1\C(=C/C)SC2CCC=CC(C2)N1c1ccc(-c2ccc3c(=O)c4cc(-c5ccc(N6C7=CC=CCC7Sc7ccccc76)cc5)ccc4oc3c2)cc1. The van der Waals surface area contributed by atoms with Crippen LogP contribution in [-0.4, -0.2) is 16.5 Å². The van der Waals surface area contributed by atoms with Crippen LogP contribution in [0.25, 0.3) is 44.2 Å². The molecular formula is C54H50N2O2S2. The fraction of sp³-hybridized carbons (Fsp3) is 0.204. The summed E-state index contributed by atoms with van der Waals surface area (Å²) in [6.07, 6.45) is 24.7. The van der Waals surface area contributed by atoms with Gasteiger partial charge in [0.2, 0.25) is 5.43 Å². The summed E-state index contributed by atoms with van der Waals surface area (Å²) >= 11 is 3.97. The van der Waals surface area contributed by atoms with Crippen molar-refractivity contribution in [3.8, 4) is 22.3 Å². The van der Waals surface area contributed by atoms with Gasteiger partial charge in [-0.25, -0.2) is 0 Å². The lowest BCUT2D eigenvalue weighted by Crippen LogP contribution is -2.33. The van der Waals surface area contributed by atoms with E-state index in [-0.39, 0.29) is 5.43 Å². The number of para-hydroxylation sites is 1. The highest BCUT2D eigenvalue weighted by Crippen LogP contribution is 2.49. The van der Waals surface area contributed by atoms with Gasteiger partial charge < -0.3 is 14.2 Å². The highest BCUT2D eigenvalue weighted by atomic mass is 32.2. The van der Waals surface area contributed by atoms with E-state index in [1.807, 2.05) is 67.7 Å². The first-order valence-electron chi connectivity index (χ1n) is 21.3. The molecule has 3 atom stereocenters. The van der Waals surface area contributed by atoms with Crippen molar-refractivity contribution in [3.05, 3.63) is 190 Å². The lowest BCUT2D eigenvalue weighted by molar-refractivity contribution is 0.657. The molecule has 60 heavy (non-hydrogen) atoms. The van der Waals surface area contributed by atoms with Crippen LogP contribution in [0, 0.1) is 0 Å². The van der Waals surface area contributed by atoms with Crippen molar-refractivity contribution in [3.63, 3.8) is 0 Å². The summed E-state index contributed by atoms with van der Waals surface area (Å²) in [7, 11) is 0. The Morgan fingerprint density at radius 2 is 1.48 bits per heavy atom. The molecule has 0 N–H and O–H groups in total. The second kappa shape index (κ2) is 17.5. The molecule has 2 aliphatic carbocycles. The molecule has 0 spiro atoms. The largest absolute Gasteiger partial charge is 0.456 e. The Morgan fingerprint density at radius 3 is 2.27 bits per heavy atom. The third-order valence-corrected chi connectivity index (χ3v) is 14.5. The molecule has 1 saturated heterocycles. The molecule has 5 aromatic carbocycles. The first-order valence-corrected chi connectivity index (χ1v) is 23.1. The van der Waals surface area contributed by atoms with E-state index in [2.05, 4.69) is 157 Å². The van der Waals surface area contributed by atoms with Gasteiger partial charge in [-0.15, -0.1) is 23.5 Å². The molecule has 10 rings (SSSR count). The maximum atomic E-state index is 14.0. The van der Waals surface area contributed by atoms with E-state index in [9.17, 15) is 4.79 Å². The third kappa shape index (κ3) is 7.52. The third-order valence-electron chi connectivity index (χ3n) is 11.7. The van der Waals surface area contributed by atoms with Crippen molar-refractivity contribution < 1.29 is 4.42 Å². The minimum absolute atomic E-state index is 0.0172. The van der Waals surface area contributed by atoms with Crippen molar-refractivity contribution in [1.82, 2.24) is 0 Å². The zero-order valence-corrected chi connectivity index (χ0v) is 36.3. The normalized spacial score (nSPS) is 21.1. The van der Waals surface area contributed by atoms with Gasteiger partial charge in [0.25, 0.3) is 0 Å². The maximum absolute atomic E-state index is 14.0. The molecule has 4 aliphatic rings. The minimum atomic E-state index is -0.0172. The summed E-state index contributed by atoms with van der Waals surface area (Å²) in [5.41, 5.74) is 11.4. The monoisotopic (exact) mass is 822 g/mol. The molecule has 1 fully saturated rings. The summed E-state index contributed by atoms with van der Waals surface area (Å²) < 4.78 is 6.47. The highest BCUT2D eigenvalue weighted by molar-refractivity contribution is 8.03. The maximum Gasteiger partial charge on any atom is 0.200 e. The molecular weight excluding hydrogens is 773 g/mol. The quantitative estimate of drug-likeness (QED) is 0.127. The predicted molar refractivity (Wildman–Crippen MR) is 260 cm³/mol.